The predicted molar refractivity (Wildman–Crippen MR) is 91.6 cm³/mol. The molecule has 0 aliphatic heterocycles. The van der Waals surface area contributed by atoms with Gasteiger partial charge >= 0.3 is 0 Å². The van der Waals surface area contributed by atoms with Crippen molar-refractivity contribution >= 4 is 17.3 Å². The van der Waals surface area contributed by atoms with Crippen molar-refractivity contribution in [3.05, 3.63) is 69.1 Å². The van der Waals surface area contributed by atoms with Crippen LogP contribution in [0, 0.1) is 10.1 Å². The van der Waals surface area contributed by atoms with E-state index in [1.54, 1.807) is 0 Å². The van der Waals surface area contributed by atoms with Crippen LogP contribution < -0.4 is 4.74 Å². The van der Waals surface area contributed by atoms with E-state index >= 15 is 0 Å². The number of benzene rings is 2. The lowest BCUT2D eigenvalue weighted by Crippen LogP contribution is -1.97. The van der Waals surface area contributed by atoms with Crippen LogP contribution in [0.25, 0.3) is 11.4 Å². The summed E-state index contributed by atoms with van der Waals surface area (Å²) in [6, 6.07) is 11.9. The molecular formula is C17H14ClN3O4. The van der Waals surface area contributed by atoms with E-state index in [4.69, 9.17) is 20.9 Å². The summed E-state index contributed by atoms with van der Waals surface area (Å²) in [5.41, 5.74) is 1.97. The Hall–Kier alpha value is -2.93. The molecule has 0 N–H and O–H groups in total. The quantitative estimate of drug-likeness (QED) is 0.477. The summed E-state index contributed by atoms with van der Waals surface area (Å²) in [6.07, 6.45) is 0.960. The summed E-state index contributed by atoms with van der Waals surface area (Å²) in [6.45, 7) is 2.10. The SMILES string of the molecule is CCc1ccc(-c2noc(COc3ccc([N+](=O)[O-])cc3Cl)n2)cc1. The number of rotatable bonds is 6. The first-order chi connectivity index (χ1) is 12.1. The fourth-order valence-corrected chi connectivity index (χ4v) is 2.41. The fourth-order valence-electron chi connectivity index (χ4n) is 2.18. The third-order valence-electron chi connectivity index (χ3n) is 3.57. The van der Waals surface area contributed by atoms with Crippen LogP contribution in [0.15, 0.2) is 47.0 Å². The van der Waals surface area contributed by atoms with Crippen LogP contribution in [0.3, 0.4) is 0 Å². The molecule has 0 fully saturated rings. The third-order valence-corrected chi connectivity index (χ3v) is 3.86. The fraction of sp³-hybridized carbons (Fsp3) is 0.176. The van der Waals surface area contributed by atoms with E-state index in [0.29, 0.717) is 11.6 Å². The number of hydrogen-bond donors (Lipinski definition) is 0. The number of hydrogen-bond acceptors (Lipinski definition) is 6. The molecule has 128 valence electrons. The maximum atomic E-state index is 10.7. The van der Waals surface area contributed by atoms with Crippen LogP contribution in [0.4, 0.5) is 5.69 Å². The van der Waals surface area contributed by atoms with Gasteiger partial charge in [0.05, 0.1) is 9.95 Å². The van der Waals surface area contributed by atoms with Gasteiger partial charge in [0.2, 0.25) is 5.82 Å². The maximum absolute atomic E-state index is 10.7. The van der Waals surface area contributed by atoms with Gasteiger partial charge in [-0.2, -0.15) is 4.98 Å². The van der Waals surface area contributed by atoms with Gasteiger partial charge in [-0.1, -0.05) is 47.9 Å². The van der Waals surface area contributed by atoms with Gasteiger partial charge in [-0.15, -0.1) is 0 Å². The van der Waals surface area contributed by atoms with Crippen molar-refractivity contribution in [2.75, 3.05) is 0 Å². The average Bonchev–Trinajstić information content (AvgIpc) is 3.09. The molecule has 3 rings (SSSR count). The zero-order valence-corrected chi connectivity index (χ0v) is 14.1. The van der Waals surface area contributed by atoms with E-state index in [1.165, 1.54) is 23.8 Å². The first-order valence-electron chi connectivity index (χ1n) is 7.55. The molecule has 0 aliphatic rings. The summed E-state index contributed by atoms with van der Waals surface area (Å²) in [5.74, 6) is 1.05. The molecule has 0 amide bonds. The molecule has 1 aromatic heterocycles. The highest BCUT2D eigenvalue weighted by Crippen LogP contribution is 2.29. The highest BCUT2D eigenvalue weighted by Gasteiger charge is 2.13. The van der Waals surface area contributed by atoms with E-state index < -0.39 is 4.92 Å². The Morgan fingerprint density at radius 1 is 1.24 bits per heavy atom. The van der Waals surface area contributed by atoms with Gasteiger partial charge in [-0.25, -0.2) is 0 Å². The zero-order chi connectivity index (χ0) is 17.8. The molecule has 25 heavy (non-hydrogen) atoms. The lowest BCUT2D eigenvalue weighted by molar-refractivity contribution is -0.384. The van der Waals surface area contributed by atoms with E-state index in [-0.39, 0.29) is 23.2 Å². The van der Waals surface area contributed by atoms with Crippen molar-refractivity contribution in [1.82, 2.24) is 10.1 Å². The van der Waals surface area contributed by atoms with Crippen LogP contribution in [-0.4, -0.2) is 15.1 Å². The van der Waals surface area contributed by atoms with Crippen molar-refractivity contribution in [2.24, 2.45) is 0 Å². The van der Waals surface area contributed by atoms with Crippen LogP contribution in [0.2, 0.25) is 5.02 Å². The van der Waals surface area contributed by atoms with E-state index in [2.05, 4.69) is 17.1 Å². The van der Waals surface area contributed by atoms with Gasteiger partial charge in [0.15, 0.2) is 6.61 Å². The molecule has 0 bridgehead atoms. The van der Waals surface area contributed by atoms with Gasteiger partial charge < -0.3 is 9.26 Å². The number of nitro groups is 1. The Kier molecular flexibility index (Phi) is 4.95. The maximum Gasteiger partial charge on any atom is 0.271 e. The summed E-state index contributed by atoms with van der Waals surface area (Å²) >= 11 is 5.97. The van der Waals surface area contributed by atoms with Gasteiger partial charge in [0.1, 0.15) is 5.75 Å². The van der Waals surface area contributed by atoms with Crippen molar-refractivity contribution < 1.29 is 14.2 Å². The van der Waals surface area contributed by atoms with Crippen LogP contribution in [-0.2, 0) is 13.0 Å². The van der Waals surface area contributed by atoms with Gasteiger partial charge in [0, 0.05) is 17.7 Å². The van der Waals surface area contributed by atoms with Gasteiger partial charge in [-0.3, -0.25) is 10.1 Å². The molecule has 1 heterocycles. The lowest BCUT2D eigenvalue weighted by atomic mass is 10.1. The molecule has 0 spiro atoms. The molecule has 3 aromatic rings. The Morgan fingerprint density at radius 2 is 2.00 bits per heavy atom. The van der Waals surface area contributed by atoms with Crippen molar-refractivity contribution in [3.63, 3.8) is 0 Å². The molecule has 0 unspecified atom stereocenters. The minimum Gasteiger partial charge on any atom is -0.482 e. The third kappa shape index (κ3) is 3.95. The molecule has 0 saturated carbocycles. The number of halogens is 1. The summed E-state index contributed by atoms with van der Waals surface area (Å²) in [4.78, 5) is 14.4. The smallest absolute Gasteiger partial charge is 0.271 e. The Balaban J connectivity index is 1.68. The van der Waals surface area contributed by atoms with E-state index in [9.17, 15) is 10.1 Å². The Bertz CT molecular complexity index is 893. The summed E-state index contributed by atoms with van der Waals surface area (Å²) in [5, 5.41) is 14.8. The van der Waals surface area contributed by atoms with Crippen molar-refractivity contribution in [1.29, 1.82) is 0 Å². The topological polar surface area (TPSA) is 91.3 Å². The molecule has 0 aliphatic carbocycles. The summed E-state index contributed by atoms with van der Waals surface area (Å²) < 4.78 is 10.7. The lowest BCUT2D eigenvalue weighted by Gasteiger charge is -2.04. The molecule has 0 radical (unpaired) electrons. The number of ether oxygens (including phenoxy) is 1. The largest absolute Gasteiger partial charge is 0.482 e. The average molecular weight is 360 g/mol. The molecule has 2 aromatic carbocycles. The number of nitrogens with zero attached hydrogens (tertiary/aromatic N) is 3. The van der Waals surface area contributed by atoms with E-state index in [1.807, 2.05) is 24.3 Å². The number of aromatic nitrogens is 2. The molecule has 0 saturated heterocycles. The number of non-ortho nitro benzene ring substituents is 1. The molecule has 8 heteroatoms. The second kappa shape index (κ2) is 7.31. The highest BCUT2D eigenvalue weighted by molar-refractivity contribution is 6.32. The van der Waals surface area contributed by atoms with Crippen LogP contribution in [0.1, 0.15) is 18.4 Å². The number of nitro benzene ring substituents is 1. The second-order valence-electron chi connectivity index (χ2n) is 5.22. The minimum absolute atomic E-state index is 0.0115. The van der Waals surface area contributed by atoms with Gasteiger partial charge in [-0.05, 0) is 18.1 Å². The van der Waals surface area contributed by atoms with Crippen molar-refractivity contribution in [2.45, 2.75) is 20.0 Å². The first kappa shape index (κ1) is 16.9. The predicted octanol–water partition coefficient (Wildman–Crippen LogP) is 4.44. The van der Waals surface area contributed by atoms with E-state index in [0.717, 1.165) is 12.0 Å². The van der Waals surface area contributed by atoms with Crippen LogP contribution in [0.5, 0.6) is 5.75 Å². The summed E-state index contributed by atoms with van der Waals surface area (Å²) in [7, 11) is 0. The molecular weight excluding hydrogens is 346 g/mol. The monoisotopic (exact) mass is 359 g/mol. The Morgan fingerprint density at radius 3 is 2.64 bits per heavy atom. The standard InChI is InChI=1S/C17H14ClN3O4/c1-2-11-3-5-12(6-4-11)17-19-16(25-20-17)10-24-15-8-7-13(21(22)23)9-14(15)18/h3-9H,2,10H2,1H3. The molecule has 7 nitrogen and oxygen atoms in total. The van der Waals surface area contributed by atoms with Crippen molar-refractivity contribution in [3.8, 4) is 17.1 Å². The second-order valence-corrected chi connectivity index (χ2v) is 5.63. The minimum atomic E-state index is -0.524. The normalized spacial score (nSPS) is 10.6. The molecule has 0 atom stereocenters. The first-order valence-corrected chi connectivity index (χ1v) is 7.93. The Labute approximate surface area is 148 Å². The number of aryl methyl sites for hydroxylation is 1. The van der Waals surface area contributed by atoms with Gasteiger partial charge in [0.25, 0.3) is 11.6 Å². The van der Waals surface area contributed by atoms with Crippen LogP contribution >= 0.6 is 11.6 Å². The highest BCUT2D eigenvalue weighted by atomic mass is 35.5. The zero-order valence-electron chi connectivity index (χ0n) is 13.3.